The molecule has 1 N–H and O–H groups in total. The molecule has 1 aliphatic rings. The molecule has 0 bridgehead atoms. The van der Waals surface area contributed by atoms with Gasteiger partial charge in [-0.2, -0.15) is 0 Å². The van der Waals surface area contributed by atoms with Gasteiger partial charge in [0.25, 0.3) is 0 Å². The van der Waals surface area contributed by atoms with Crippen LogP contribution in [0.5, 0.6) is 0 Å². The fourth-order valence-corrected chi connectivity index (χ4v) is 2.71. The molecule has 0 amide bonds. The third-order valence-electron chi connectivity index (χ3n) is 3.76. The highest BCUT2D eigenvalue weighted by molar-refractivity contribution is 5.94. The number of hydrogen-bond donors (Lipinski definition) is 1. The molecule has 1 aliphatic heterocycles. The van der Waals surface area contributed by atoms with Crippen LogP contribution in [0.25, 0.3) is 0 Å². The van der Waals surface area contributed by atoms with Gasteiger partial charge < -0.3 is 5.32 Å². The van der Waals surface area contributed by atoms with Gasteiger partial charge in [0.1, 0.15) is 0 Å². The number of hydrogen-bond acceptors (Lipinski definition) is 2. The van der Waals surface area contributed by atoms with E-state index >= 15 is 0 Å². The monoisotopic (exact) mass is 251 g/mol. The molecule has 19 heavy (non-hydrogen) atoms. The Morgan fingerprint density at radius 2 is 1.84 bits per heavy atom. The van der Waals surface area contributed by atoms with Gasteiger partial charge >= 0.3 is 0 Å². The molecule has 0 spiro atoms. The summed E-state index contributed by atoms with van der Waals surface area (Å²) >= 11 is 0. The lowest BCUT2D eigenvalue weighted by molar-refractivity contribution is 0.101. The van der Waals surface area contributed by atoms with Crippen LogP contribution in [0.1, 0.15) is 40.0 Å². The highest BCUT2D eigenvalue weighted by Gasteiger charge is 2.20. The van der Waals surface area contributed by atoms with Gasteiger partial charge in [-0.25, -0.2) is 0 Å². The summed E-state index contributed by atoms with van der Waals surface area (Å²) in [6.07, 6.45) is 1.08. The Kier molecular flexibility index (Phi) is 3.18. The van der Waals surface area contributed by atoms with Gasteiger partial charge in [0.05, 0.1) is 6.04 Å². The number of carbonyl (C=O) groups is 1. The quantitative estimate of drug-likeness (QED) is 0.831. The van der Waals surface area contributed by atoms with Crippen molar-refractivity contribution in [3.63, 3.8) is 0 Å². The average Bonchev–Trinajstić information content (AvgIpc) is 2.47. The van der Waals surface area contributed by atoms with Crippen LogP contribution in [0, 0.1) is 0 Å². The van der Waals surface area contributed by atoms with Gasteiger partial charge in [-0.15, -0.1) is 0 Å². The molecule has 0 fully saturated rings. The van der Waals surface area contributed by atoms with E-state index in [1.54, 1.807) is 6.92 Å². The third-order valence-corrected chi connectivity index (χ3v) is 3.76. The number of ketones is 1. The average molecular weight is 251 g/mol. The van der Waals surface area contributed by atoms with E-state index in [-0.39, 0.29) is 11.8 Å². The Balaban J connectivity index is 1.97. The van der Waals surface area contributed by atoms with E-state index in [9.17, 15) is 4.79 Å². The van der Waals surface area contributed by atoms with Crippen molar-refractivity contribution in [1.29, 1.82) is 0 Å². The standard InChI is InChI=1S/C17H17NO/c1-12(19)13-6-8-15(9-7-13)17-16-5-3-2-4-14(16)10-11-18-17/h2-9,17-18H,10-11H2,1H3. The second-order valence-corrected chi connectivity index (χ2v) is 5.01. The number of carbonyl (C=O) groups excluding carboxylic acids is 1. The van der Waals surface area contributed by atoms with Crippen LogP contribution < -0.4 is 5.32 Å². The second-order valence-electron chi connectivity index (χ2n) is 5.01. The molecule has 0 aliphatic carbocycles. The molecule has 1 heterocycles. The number of rotatable bonds is 2. The van der Waals surface area contributed by atoms with Crippen molar-refractivity contribution in [1.82, 2.24) is 5.32 Å². The van der Waals surface area contributed by atoms with E-state index in [1.807, 2.05) is 12.1 Å². The molecule has 2 aromatic rings. The Hall–Kier alpha value is -1.93. The summed E-state index contributed by atoms with van der Waals surface area (Å²) in [4.78, 5) is 11.3. The number of Topliss-reactive ketones (excluding diaryl/α,β-unsaturated/α-hetero) is 1. The largest absolute Gasteiger partial charge is 0.306 e. The number of nitrogens with one attached hydrogen (secondary N) is 1. The van der Waals surface area contributed by atoms with E-state index in [4.69, 9.17) is 0 Å². The van der Waals surface area contributed by atoms with Crippen LogP contribution in [-0.2, 0) is 6.42 Å². The van der Waals surface area contributed by atoms with Gasteiger partial charge in [-0.3, -0.25) is 4.79 Å². The van der Waals surface area contributed by atoms with Crippen LogP contribution in [-0.4, -0.2) is 12.3 Å². The summed E-state index contributed by atoms with van der Waals surface area (Å²) in [7, 11) is 0. The smallest absolute Gasteiger partial charge is 0.159 e. The maximum Gasteiger partial charge on any atom is 0.159 e. The summed E-state index contributed by atoms with van der Waals surface area (Å²) in [6, 6.07) is 16.7. The van der Waals surface area contributed by atoms with Gasteiger partial charge in [0.15, 0.2) is 5.78 Å². The first-order chi connectivity index (χ1) is 9.25. The van der Waals surface area contributed by atoms with Crippen molar-refractivity contribution in [2.24, 2.45) is 0 Å². The lowest BCUT2D eigenvalue weighted by Gasteiger charge is -2.27. The zero-order valence-corrected chi connectivity index (χ0v) is 11.0. The Morgan fingerprint density at radius 3 is 2.58 bits per heavy atom. The first kappa shape index (κ1) is 12.1. The normalized spacial score (nSPS) is 17.8. The van der Waals surface area contributed by atoms with E-state index in [1.165, 1.54) is 16.7 Å². The summed E-state index contributed by atoms with van der Waals surface area (Å²) < 4.78 is 0. The number of fused-ring (bicyclic) bond motifs is 1. The van der Waals surface area contributed by atoms with Crippen molar-refractivity contribution in [2.75, 3.05) is 6.54 Å². The molecule has 96 valence electrons. The molecule has 1 atom stereocenters. The van der Waals surface area contributed by atoms with Crippen LogP contribution >= 0.6 is 0 Å². The summed E-state index contributed by atoms with van der Waals surface area (Å²) in [5.74, 6) is 0.114. The van der Waals surface area contributed by atoms with Gasteiger partial charge in [0, 0.05) is 12.1 Å². The molecule has 2 aromatic carbocycles. The molecule has 0 aromatic heterocycles. The topological polar surface area (TPSA) is 29.1 Å². The van der Waals surface area contributed by atoms with Crippen molar-refractivity contribution in [2.45, 2.75) is 19.4 Å². The predicted octanol–water partition coefficient (Wildman–Crippen LogP) is 3.12. The van der Waals surface area contributed by atoms with E-state index in [0.29, 0.717) is 0 Å². The maximum atomic E-state index is 11.3. The van der Waals surface area contributed by atoms with Gasteiger partial charge in [-0.05, 0) is 30.0 Å². The zero-order valence-electron chi connectivity index (χ0n) is 11.0. The lowest BCUT2D eigenvalue weighted by atomic mass is 9.89. The lowest BCUT2D eigenvalue weighted by Crippen LogP contribution is -2.30. The fourth-order valence-electron chi connectivity index (χ4n) is 2.71. The molecule has 0 radical (unpaired) electrons. The summed E-state index contributed by atoms with van der Waals surface area (Å²) in [5.41, 5.74) is 4.76. The Morgan fingerprint density at radius 1 is 1.11 bits per heavy atom. The molecule has 0 saturated heterocycles. The van der Waals surface area contributed by atoms with E-state index in [2.05, 4.69) is 41.7 Å². The predicted molar refractivity (Wildman–Crippen MR) is 76.4 cm³/mol. The molecule has 2 heteroatoms. The van der Waals surface area contributed by atoms with E-state index < -0.39 is 0 Å². The van der Waals surface area contributed by atoms with Crippen LogP contribution in [0.2, 0.25) is 0 Å². The zero-order chi connectivity index (χ0) is 13.2. The Bertz CT molecular complexity index is 601. The maximum absolute atomic E-state index is 11.3. The minimum absolute atomic E-state index is 0.114. The summed E-state index contributed by atoms with van der Waals surface area (Å²) in [6.45, 7) is 2.60. The van der Waals surface area contributed by atoms with Crippen molar-refractivity contribution >= 4 is 5.78 Å². The molecule has 1 unspecified atom stereocenters. The van der Waals surface area contributed by atoms with Gasteiger partial charge in [0.2, 0.25) is 0 Å². The minimum atomic E-state index is 0.114. The van der Waals surface area contributed by atoms with Crippen molar-refractivity contribution in [3.05, 3.63) is 70.8 Å². The summed E-state index contributed by atoms with van der Waals surface area (Å²) in [5, 5.41) is 3.56. The highest BCUT2D eigenvalue weighted by Crippen LogP contribution is 2.28. The minimum Gasteiger partial charge on any atom is -0.306 e. The van der Waals surface area contributed by atoms with Crippen molar-refractivity contribution in [3.8, 4) is 0 Å². The SMILES string of the molecule is CC(=O)c1ccc(C2NCCc3ccccc32)cc1. The number of benzene rings is 2. The molecule has 2 nitrogen and oxygen atoms in total. The van der Waals surface area contributed by atoms with E-state index in [0.717, 1.165) is 18.5 Å². The molecule has 0 saturated carbocycles. The Labute approximate surface area is 113 Å². The first-order valence-corrected chi connectivity index (χ1v) is 6.68. The third kappa shape index (κ3) is 2.32. The van der Waals surface area contributed by atoms with Crippen LogP contribution in [0.4, 0.5) is 0 Å². The first-order valence-electron chi connectivity index (χ1n) is 6.68. The second kappa shape index (κ2) is 4.98. The van der Waals surface area contributed by atoms with Crippen molar-refractivity contribution < 1.29 is 4.79 Å². The molecular weight excluding hydrogens is 234 g/mol. The van der Waals surface area contributed by atoms with Crippen LogP contribution in [0.3, 0.4) is 0 Å². The molecular formula is C17H17NO. The van der Waals surface area contributed by atoms with Gasteiger partial charge in [-0.1, -0.05) is 48.5 Å². The van der Waals surface area contributed by atoms with Crippen LogP contribution in [0.15, 0.2) is 48.5 Å². The fraction of sp³-hybridized carbons (Fsp3) is 0.235. The molecule has 3 rings (SSSR count). The highest BCUT2D eigenvalue weighted by atomic mass is 16.1.